The lowest BCUT2D eigenvalue weighted by atomic mass is 10.2. The number of benzene rings is 1. The van der Waals surface area contributed by atoms with E-state index in [0.717, 1.165) is 6.42 Å². The van der Waals surface area contributed by atoms with Crippen LogP contribution in [0.25, 0.3) is 16.5 Å². The minimum absolute atomic E-state index is 1.10. The molecule has 0 saturated carbocycles. The smallest absolute Gasteiger partial charge is 0.0349 e. The van der Waals surface area contributed by atoms with Gasteiger partial charge >= 0.3 is 0 Å². The zero-order valence-electron chi connectivity index (χ0n) is 8.81. The van der Waals surface area contributed by atoms with E-state index in [0.29, 0.717) is 0 Å². The molecule has 15 heavy (non-hydrogen) atoms. The SMILES string of the molecule is CC/C=C/c1ccc(-c2ccccc2)s1. The summed E-state index contributed by atoms with van der Waals surface area (Å²) in [5, 5.41) is 0. The predicted molar refractivity (Wildman–Crippen MR) is 69.1 cm³/mol. The summed E-state index contributed by atoms with van der Waals surface area (Å²) >= 11 is 1.84. The zero-order chi connectivity index (χ0) is 10.5. The lowest BCUT2D eigenvalue weighted by Crippen LogP contribution is -1.67. The van der Waals surface area contributed by atoms with Gasteiger partial charge in [0.05, 0.1) is 0 Å². The van der Waals surface area contributed by atoms with Crippen LogP contribution in [0.3, 0.4) is 0 Å². The van der Waals surface area contributed by atoms with Gasteiger partial charge in [0.15, 0.2) is 0 Å². The van der Waals surface area contributed by atoms with Gasteiger partial charge < -0.3 is 0 Å². The highest BCUT2D eigenvalue weighted by Crippen LogP contribution is 2.28. The Labute approximate surface area is 94.9 Å². The summed E-state index contributed by atoms with van der Waals surface area (Å²) in [5.41, 5.74) is 1.30. The van der Waals surface area contributed by atoms with Crippen molar-refractivity contribution in [3.63, 3.8) is 0 Å². The molecule has 0 nitrogen and oxygen atoms in total. The van der Waals surface area contributed by atoms with Crippen LogP contribution >= 0.6 is 11.3 Å². The number of rotatable bonds is 3. The van der Waals surface area contributed by atoms with Crippen molar-refractivity contribution in [2.75, 3.05) is 0 Å². The molecular formula is C14H14S. The predicted octanol–water partition coefficient (Wildman–Crippen LogP) is 4.84. The maximum absolute atomic E-state index is 2.20. The van der Waals surface area contributed by atoms with E-state index < -0.39 is 0 Å². The minimum Gasteiger partial charge on any atom is -0.136 e. The molecule has 0 atom stereocenters. The number of thiophene rings is 1. The Morgan fingerprint density at radius 1 is 1.07 bits per heavy atom. The molecule has 0 spiro atoms. The van der Waals surface area contributed by atoms with E-state index in [9.17, 15) is 0 Å². The van der Waals surface area contributed by atoms with Gasteiger partial charge in [-0.2, -0.15) is 0 Å². The Morgan fingerprint density at radius 2 is 1.87 bits per heavy atom. The molecule has 0 aliphatic rings. The van der Waals surface area contributed by atoms with Crippen LogP contribution in [0.4, 0.5) is 0 Å². The molecule has 1 heteroatoms. The van der Waals surface area contributed by atoms with E-state index in [2.05, 4.69) is 61.5 Å². The van der Waals surface area contributed by atoms with Crippen LogP contribution in [-0.2, 0) is 0 Å². The summed E-state index contributed by atoms with van der Waals surface area (Å²) in [6, 6.07) is 14.9. The van der Waals surface area contributed by atoms with Crippen LogP contribution < -0.4 is 0 Å². The van der Waals surface area contributed by atoms with Gasteiger partial charge in [0.2, 0.25) is 0 Å². The average Bonchev–Trinajstić information content (AvgIpc) is 2.76. The van der Waals surface area contributed by atoms with Crippen molar-refractivity contribution < 1.29 is 0 Å². The Balaban J connectivity index is 2.24. The third-order valence-electron chi connectivity index (χ3n) is 2.20. The highest BCUT2D eigenvalue weighted by atomic mass is 32.1. The van der Waals surface area contributed by atoms with E-state index in [1.54, 1.807) is 0 Å². The summed E-state index contributed by atoms with van der Waals surface area (Å²) in [6.07, 6.45) is 5.48. The van der Waals surface area contributed by atoms with Crippen molar-refractivity contribution in [3.05, 3.63) is 53.4 Å². The maximum Gasteiger partial charge on any atom is 0.0349 e. The van der Waals surface area contributed by atoms with Crippen molar-refractivity contribution >= 4 is 17.4 Å². The Kier molecular flexibility index (Phi) is 3.36. The van der Waals surface area contributed by atoms with Gasteiger partial charge in [-0.25, -0.2) is 0 Å². The fourth-order valence-electron chi connectivity index (χ4n) is 1.43. The molecule has 1 aromatic carbocycles. The lowest BCUT2D eigenvalue weighted by Gasteiger charge is -1.94. The molecule has 1 heterocycles. The molecular weight excluding hydrogens is 200 g/mol. The monoisotopic (exact) mass is 214 g/mol. The topological polar surface area (TPSA) is 0 Å². The van der Waals surface area contributed by atoms with Crippen LogP contribution in [-0.4, -0.2) is 0 Å². The first-order valence-electron chi connectivity index (χ1n) is 5.22. The summed E-state index contributed by atoms with van der Waals surface area (Å²) < 4.78 is 0. The van der Waals surface area contributed by atoms with Crippen LogP contribution in [0.5, 0.6) is 0 Å². The van der Waals surface area contributed by atoms with Gasteiger partial charge in [-0.3, -0.25) is 0 Å². The highest BCUT2D eigenvalue weighted by Gasteiger charge is 1.99. The van der Waals surface area contributed by atoms with E-state index >= 15 is 0 Å². The Morgan fingerprint density at radius 3 is 2.60 bits per heavy atom. The second-order valence-electron chi connectivity index (χ2n) is 3.38. The second-order valence-corrected chi connectivity index (χ2v) is 4.49. The molecule has 0 N–H and O–H groups in total. The normalized spacial score (nSPS) is 11.0. The molecule has 0 amide bonds. The minimum atomic E-state index is 1.10. The third-order valence-corrected chi connectivity index (χ3v) is 3.30. The van der Waals surface area contributed by atoms with Gasteiger partial charge in [-0.05, 0) is 30.2 Å². The standard InChI is InChI=1S/C14H14S/c1-2-3-9-13-10-11-14(15-13)12-7-5-4-6-8-12/h3-11H,2H2,1H3/b9-3+. The van der Waals surface area contributed by atoms with Crippen LogP contribution in [0, 0.1) is 0 Å². The summed E-state index contributed by atoms with van der Waals surface area (Å²) in [6.45, 7) is 2.15. The molecule has 76 valence electrons. The number of allylic oxidation sites excluding steroid dienone is 1. The van der Waals surface area contributed by atoms with Crippen molar-refractivity contribution in [1.29, 1.82) is 0 Å². The van der Waals surface area contributed by atoms with Crippen LogP contribution in [0.2, 0.25) is 0 Å². The second kappa shape index (κ2) is 4.94. The first-order valence-corrected chi connectivity index (χ1v) is 6.03. The Hall–Kier alpha value is -1.34. The molecule has 0 unspecified atom stereocenters. The Bertz CT molecular complexity index is 437. The molecule has 0 aliphatic carbocycles. The third kappa shape index (κ3) is 2.57. The van der Waals surface area contributed by atoms with Gasteiger partial charge in [-0.1, -0.05) is 43.3 Å². The molecule has 0 bridgehead atoms. The van der Waals surface area contributed by atoms with Gasteiger partial charge in [0.1, 0.15) is 0 Å². The first kappa shape index (κ1) is 10.2. The molecule has 0 saturated heterocycles. The van der Waals surface area contributed by atoms with Crippen LogP contribution in [0.15, 0.2) is 48.5 Å². The molecule has 0 aliphatic heterocycles. The van der Waals surface area contributed by atoms with Crippen molar-refractivity contribution in [3.8, 4) is 10.4 Å². The summed E-state index contributed by atoms with van der Waals surface area (Å²) in [4.78, 5) is 2.67. The van der Waals surface area contributed by atoms with Crippen molar-refractivity contribution in [2.24, 2.45) is 0 Å². The van der Waals surface area contributed by atoms with Crippen LogP contribution in [0.1, 0.15) is 18.2 Å². The van der Waals surface area contributed by atoms with Crippen molar-refractivity contribution in [2.45, 2.75) is 13.3 Å². The zero-order valence-corrected chi connectivity index (χ0v) is 9.63. The maximum atomic E-state index is 2.20. The van der Waals surface area contributed by atoms with E-state index in [1.807, 2.05) is 11.3 Å². The van der Waals surface area contributed by atoms with E-state index in [1.165, 1.54) is 15.3 Å². The van der Waals surface area contributed by atoms with Crippen molar-refractivity contribution in [1.82, 2.24) is 0 Å². The average molecular weight is 214 g/mol. The van der Waals surface area contributed by atoms with Gasteiger partial charge in [0, 0.05) is 9.75 Å². The number of hydrogen-bond acceptors (Lipinski definition) is 1. The molecule has 1 aromatic heterocycles. The fraction of sp³-hybridized carbons (Fsp3) is 0.143. The molecule has 0 radical (unpaired) electrons. The summed E-state index contributed by atoms with van der Waals surface area (Å²) in [5.74, 6) is 0. The molecule has 0 fully saturated rings. The lowest BCUT2D eigenvalue weighted by molar-refractivity contribution is 1.23. The molecule has 2 rings (SSSR count). The van der Waals surface area contributed by atoms with E-state index in [4.69, 9.17) is 0 Å². The molecule has 2 aromatic rings. The summed E-state index contributed by atoms with van der Waals surface area (Å²) in [7, 11) is 0. The first-order chi connectivity index (χ1) is 7.40. The number of hydrogen-bond donors (Lipinski definition) is 0. The van der Waals surface area contributed by atoms with Gasteiger partial charge in [-0.15, -0.1) is 11.3 Å². The largest absolute Gasteiger partial charge is 0.136 e. The quantitative estimate of drug-likeness (QED) is 0.686. The highest BCUT2D eigenvalue weighted by molar-refractivity contribution is 7.16. The van der Waals surface area contributed by atoms with Gasteiger partial charge in [0.25, 0.3) is 0 Å². The fourth-order valence-corrected chi connectivity index (χ4v) is 2.38. The van der Waals surface area contributed by atoms with E-state index in [-0.39, 0.29) is 0 Å².